The van der Waals surface area contributed by atoms with Gasteiger partial charge in [0.2, 0.25) is 5.82 Å². The highest BCUT2D eigenvalue weighted by Crippen LogP contribution is 2.18. The van der Waals surface area contributed by atoms with Crippen molar-refractivity contribution in [1.82, 2.24) is 20.3 Å². The lowest BCUT2D eigenvalue weighted by atomic mass is 10.3. The number of H-pyrrole nitrogens is 1. The molecule has 2 heterocycles. The van der Waals surface area contributed by atoms with Gasteiger partial charge in [-0.1, -0.05) is 5.16 Å². The van der Waals surface area contributed by atoms with Crippen molar-refractivity contribution in [3.8, 4) is 11.6 Å². The fourth-order valence-electron chi connectivity index (χ4n) is 1.14. The predicted molar refractivity (Wildman–Crippen MR) is 52.0 cm³/mol. The summed E-state index contributed by atoms with van der Waals surface area (Å²) in [5.74, 6) is 0.923. The summed E-state index contributed by atoms with van der Waals surface area (Å²) < 4.78 is 10.1. The van der Waals surface area contributed by atoms with Gasteiger partial charge in [0, 0.05) is 12.8 Å². The molecule has 1 atom stereocenters. The molecule has 2 aromatic heterocycles. The Morgan fingerprint density at radius 1 is 1.53 bits per heavy atom. The minimum atomic E-state index is -0.178. The monoisotopic (exact) mass is 208 g/mol. The van der Waals surface area contributed by atoms with Gasteiger partial charge in [-0.3, -0.25) is 5.10 Å². The number of hydrogen-bond acceptors (Lipinski definition) is 5. The molecule has 15 heavy (non-hydrogen) atoms. The van der Waals surface area contributed by atoms with Crippen LogP contribution in [0.5, 0.6) is 0 Å². The molecule has 6 nitrogen and oxygen atoms in total. The smallest absolute Gasteiger partial charge is 0.278 e. The maximum atomic E-state index is 5.08. The number of aromatic nitrogens is 4. The molecule has 0 aliphatic carbocycles. The molecular formula is C9H12N4O2. The molecule has 0 bridgehead atoms. The number of nitrogens with one attached hydrogen (secondary N) is 1. The Morgan fingerprint density at radius 2 is 2.33 bits per heavy atom. The molecule has 0 aliphatic rings. The molecule has 0 amide bonds. The Labute approximate surface area is 86.6 Å². The largest absolute Gasteiger partial charge is 0.374 e. The van der Waals surface area contributed by atoms with Crippen LogP contribution in [0.4, 0.5) is 0 Å². The third-order valence-corrected chi connectivity index (χ3v) is 2.08. The summed E-state index contributed by atoms with van der Waals surface area (Å²) in [4.78, 5) is 4.18. The van der Waals surface area contributed by atoms with E-state index in [4.69, 9.17) is 9.26 Å². The van der Waals surface area contributed by atoms with Crippen LogP contribution < -0.4 is 0 Å². The van der Waals surface area contributed by atoms with Crippen LogP contribution in [0, 0.1) is 6.92 Å². The zero-order chi connectivity index (χ0) is 10.8. The zero-order valence-electron chi connectivity index (χ0n) is 8.81. The number of nitrogens with zero attached hydrogens (tertiary/aromatic N) is 3. The van der Waals surface area contributed by atoms with E-state index in [1.54, 1.807) is 7.11 Å². The molecule has 0 aliphatic heterocycles. The molecule has 2 aromatic rings. The molecule has 0 saturated heterocycles. The maximum Gasteiger partial charge on any atom is 0.278 e. The minimum absolute atomic E-state index is 0.178. The van der Waals surface area contributed by atoms with Gasteiger partial charge in [0.15, 0.2) is 5.69 Å². The Bertz CT molecular complexity index is 448. The van der Waals surface area contributed by atoms with E-state index in [9.17, 15) is 0 Å². The standard InChI is InChI=1S/C9H12N4O2/c1-5-4-7(12-11-5)9-10-8(13-15-9)6(2)14-3/h4,6H,1-3H3,(H,11,12)/t6-/m0/s1. The van der Waals surface area contributed by atoms with E-state index in [1.807, 2.05) is 19.9 Å². The quantitative estimate of drug-likeness (QED) is 0.826. The van der Waals surface area contributed by atoms with Crippen molar-refractivity contribution in [1.29, 1.82) is 0 Å². The fourth-order valence-corrected chi connectivity index (χ4v) is 1.14. The molecule has 0 aromatic carbocycles. The van der Waals surface area contributed by atoms with Gasteiger partial charge < -0.3 is 9.26 Å². The van der Waals surface area contributed by atoms with Gasteiger partial charge in [0.1, 0.15) is 6.10 Å². The van der Waals surface area contributed by atoms with Gasteiger partial charge in [0.05, 0.1) is 0 Å². The van der Waals surface area contributed by atoms with Crippen LogP contribution in [0.2, 0.25) is 0 Å². The molecule has 0 unspecified atom stereocenters. The number of aromatic amines is 1. The van der Waals surface area contributed by atoms with Crippen LogP contribution in [0.25, 0.3) is 11.6 Å². The highest BCUT2D eigenvalue weighted by molar-refractivity contribution is 5.46. The van der Waals surface area contributed by atoms with Gasteiger partial charge in [-0.05, 0) is 19.9 Å². The van der Waals surface area contributed by atoms with Gasteiger partial charge in [-0.25, -0.2) is 0 Å². The fraction of sp³-hybridized carbons (Fsp3) is 0.444. The van der Waals surface area contributed by atoms with E-state index in [0.29, 0.717) is 17.4 Å². The molecule has 0 fully saturated rings. The van der Waals surface area contributed by atoms with Gasteiger partial charge >= 0.3 is 0 Å². The number of ether oxygens (including phenoxy) is 1. The van der Waals surface area contributed by atoms with Gasteiger partial charge in [-0.2, -0.15) is 10.1 Å². The minimum Gasteiger partial charge on any atom is -0.374 e. The van der Waals surface area contributed by atoms with Crippen molar-refractivity contribution in [3.05, 3.63) is 17.6 Å². The van der Waals surface area contributed by atoms with Gasteiger partial charge in [-0.15, -0.1) is 0 Å². The number of aryl methyl sites for hydroxylation is 1. The van der Waals surface area contributed by atoms with Crippen LogP contribution in [0.15, 0.2) is 10.6 Å². The van der Waals surface area contributed by atoms with E-state index >= 15 is 0 Å². The lowest BCUT2D eigenvalue weighted by molar-refractivity contribution is 0.109. The van der Waals surface area contributed by atoms with E-state index < -0.39 is 0 Å². The number of methoxy groups -OCH3 is 1. The Morgan fingerprint density at radius 3 is 2.93 bits per heavy atom. The second-order valence-electron chi connectivity index (χ2n) is 3.27. The van der Waals surface area contributed by atoms with Crippen molar-refractivity contribution in [2.45, 2.75) is 20.0 Å². The van der Waals surface area contributed by atoms with Crippen molar-refractivity contribution in [2.24, 2.45) is 0 Å². The van der Waals surface area contributed by atoms with E-state index in [0.717, 1.165) is 5.69 Å². The second kappa shape index (κ2) is 3.82. The molecule has 0 radical (unpaired) electrons. The van der Waals surface area contributed by atoms with Crippen LogP contribution in [0.1, 0.15) is 24.5 Å². The first-order chi connectivity index (χ1) is 7.20. The number of hydrogen-bond donors (Lipinski definition) is 1. The first-order valence-electron chi connectivity index (χ1n) is 4.59. The Kier molecular flexibility index (Phi) is 2.51. The molecule has 6 heteroatoms. The Hall–Kier alpha value is -1.69. The summed E-state index contributed by atoms with van der Waals surface area (Å²) >= 11 is 0. The molecule has 0 saturated carbocycles. The van der Waals surface area contributed by atoms with Crippen LogP contribution in [-0.4, -0.2) is 27.4 Å². The van der Waals surface area contributed by atoms with Crippen molar-refractivity contribution < 1.29 is 9.26 Å². The summed E-state index contributed by atoms with van der Waals surface area (Å²) in [5.41, 5.74) is 1.60. The van der Waals surface area contributed by atoms with Gasteiger partial charge in [0.25, 0.3) is 5.89 Å². The first-order valence-corrected chi connectivity index (χ1v) is 4.59. The van der Waals surface area contributed by atoms with Crippen LogP contribution in [0.3, 0.4) is 0 Å². The zero-order valence-corrected chi connectivity index (χ0v) is 8.81. The molecule has 1 N–H and O–H groups in total. The average Bonchev–Trinajstić information content (AvgIpc) is 2.84. The topological polar surface area (TPSA) is 76.8 Å². The second-order valence-corrected chi connectivity index (χ2v) is 3.27. The predicted octanol–water partition coefficient (Wildman–Crippen LogP) is 1.48. The first kappa shape index (κ1) is 9.85. The lowest BCUT2D eigenvalue weighted by Crippen LogP contribution is -1.97. The maximum absolute atomic E-state index is 5.08. The van der Waals surface area contributed by atoms with Crippen molar-refractivity contribution >= 4 is 0 Å². The summed E-state index contributed by atoms with van der Waals surface area (Å²) in [6, 6.07) is 1.84. The van der Waals surface area contributed by atoms with Crippen LogP contribution >= 0.6 is 0 Å². The normalized spacial score (nSPS) is 13.0. The van der Waals surface area contributed by atoms with E-state index in [-0.39, 0.29) is 6.10 Å². The number of rotatable bonds is 3. The average molecular weight is 208 g/mol. The molecule has 2 rings (SSSR count). The van der Waals surface area contributed by atoms with Crippen molar-refractivity contribution in [3.63, 3.8) is 0 Å². The molecular weight excluding hydrogens is 196 g/mol. The summed E-state index contributed by atoms with van der Waals surface area (Å²) in [6.45, 7) is 3.76. The Balaban J connectivity index is 2.27. The van der Waals surface area contributed by atoms with E-state index in [2.05, 4.69) is 20.3 Å². The highest BCUT2D eigenvalue weighted by atomic mass is 16.5. The SMILES string of the molecule is CO[C@@H](C)c1noc(-c2cc(C)[nH]n2)n1. The molecule has 0 spiro atoms. The third kappa shape index (κ3) is 1.89. The lowest BCUT2D eigenvalue weighted by Gasteiger charge is -2.00. The van der Waals surface area contributed by atoms with Crippen molar-refractivity contribution in [2.75, 3.05) is 7.11 Å². The summed E-state index contributed by atoms with van der Waals surface area (Å²) in [6.07, 6.45) is -0.178. The highest BCUT2D eigenvalue weighted by Gasteiger charge is 2.15. The van der Waals surface area contributed by atoms with E-state index in [1.165, 1.54) is 0 Å². The summed E-state index contributed by atoms with van der Waals surface area (Å²) in [5, 5.41) is 10.6. The third-order valence-electron chi connectivity index (χ3n) is 2.08. The molecule has 80 valence electrons. The summed E-state index contributed by atoms with van der Waals surface area (Å²) in [7, 11) is 1.60. The van der Waals surface area contributed by atoms with Crippen LogP contribution in [-0.2, 0) is 4.74 Å².